The van der Waals surface area contributed by atoms with Crippen LogP contribution in [0, 0.1) is 6.92 Å². The van der Waals surface area contributed by atoms with Crippen LogP contribution in [0.15, 0.2) is 48.5 Å². The van der Waals surface area contributed by atoms with Crippen LogP contribution in [-0.4, -0.2) is 5.11 Å². The lowest BCUT2D eigenvalue weighted by Gasteiger charge is -2.13. The van der Waals surface area contributed by atoms with Crippen LogP contribution in [-0.2, 0) is 6.42 Å². The van der Waals surface area contributed by atoms with Gasteiger partial charge in [-0.1, -0.05) is 36.4 Å². The number of aromatic hydroxyl groups is 1. The summed E-state index contributed by atoms with van der Waals surface area (Å²) in [6.45, 7) is 1.97. The minimum atomic E-state index is -0.0574. The van der Waals surface area contributed by atoms with Gasteiger partial charge in [-0.05, 0) is 42.2 Å². The molecule has 0 aliphatic heterocycles. The van der Waals surface area contributed by atoms with Gasteiger partial charge >= 0.3 is 0 Å². The van der Waals surface area contributed by atoms with Crippen LogP contribution in [0.4, 0.5) is 0 Å². The molecule has 0 fully saturated rings. The van der Waals surface area contributed by atoms with E-state index in [2.05, 4.69) is 12.1 Å². The molecule has 0 bridgehead atoms. The molecule has 2 rings (SSSR count). The Morgan fingerprint density at radius 2 is 1.82 bits per heavy atom. The fraction of sp³-hybridized carbons (Fsp3) is 0.200. The molecule has 2 aromatic carbocycles. The first kappa shape index (κ1) is 12.0. The molecular formula is C15H15ClO. The Morgan fingerprint density at radius 3 is 2.47 bits per heavy atom. The Morgan fingerprint density at radius 1 is 1.12 bits per heavy atom. The Kier molecular flexibility index (Phi) is 3.70. The Labute approximate surface area is 107 Å². The number of hydrogen-bond acceptors (Lipinski definition) is 1. The summed E-state index contributed by atoms with van der Waals surface area (Å²) in [5.74, 6) is 0.287. The third-order valence-electron chi connectivity index (χ3n) is 2.85. The van der Waals surface area contributed by atoms with E-state index in [-0.39, 0.29) is 11.1 Å². The van der Waals surface area contributed by atoms with Crippen molar-refractivity contribution in [3.63, 3.8) is 0 Å². The van der Waals surface area contributed by atoms with Gasteiger partial charge in [-0.25, -0.2) is 0 Å². The monoisotopic (exact) mass is 246 g/mol. The number of aryl methyl sites for hydroxylation is 1. The van der Waals surface area contributed by atoms with Crippen molar-refractivity contribution in [2.45, 2.75) is 18.7 Å². The molecule has 2 aromatic rings. The number of phenols is 1. The van der Waals surface area contributed by atoms with Gasteiger partial charge in [0.15, 0.2) is 0 Å². The SMILES string of the molecule is Cc1cc(O)ccc1C(Cl)Cc1ccccc1. The first-order valence-corrected chi connectivity index (χ1v) is 6.08. The number of alkyl halides is 1. The molecule has 0 amide bonds. The van der Waals surface area contributed by atoms with Gasteiger partial charge in [0.1, 0.15) is 5.75 Å². The van der Waals surface area contributed by atoms with Crippen molar-refractivity contribution in [1.29, 1.82) is 0 Å². The third kappa shape index (κ3) is 3.01. The number of benzene rings is 2. The average Bonchev–Trinajstić information content (AvgIpc) is 2.30. The van der Waals surface area contributed by atoms with Gasteiger partial charge in [-0.2, -0.15) is 0 Å². The van der Waals surface area contributed by atoms with E-state index in [1.54, 1.807) is 12.1 Å². The van der Waals surface area contributed by atoms with Crippen molar-refractivity contribution in [2.24, 2.45) is 0 Å². The molecule has 0 aromatic heterocycles. The highest BCUT2D eigenvalue weighted by molar-refractivity contribution is 6.21. The van der Waals surface area contributed by atoms with Crippen LogP contribution < -0.4 is 0 Å². The molecule has 0 aliphatic rings. The van der Waals surface area contributed by atoms with Crippen molar-refractivity contribution in [1.82, 2.24) is 0 Å². The Balaban J connectivity index is 2.17. The predicted octanol–water partition coefficient (Wildman–Crippen LogP) is 4.22. The minimum Gasteiger partial charge on any atom is -0.508 e. The highest BCUT2D eigenvalue weighted by Gasteiger charge is 2.11. The summed E-state index contributed by atoms with van der Waals surface area (Å²) < 4.78 is 0. The molecule has 1 N–H and O–H groups in total. The average molecular weight is 247 g/mol. The Bertz CT molecular complexity index is 494. The van der Waals surface area contributed by atoms with E-state index < -0.39 is 0 Å². The van der Waals surface area contributed by atoms with Crippen molar-refractivity contribution in [2.75, 3.05) is 0 Å². The van der Waals surface area contributed by atoms with Crippen molar-refractivity contribution < 1.29 is 5.11 Å². The Hall–Kier alpha value is -1.47. The zero-order chi connectivity index (χ0) is 12.3. The molecule has 0 heterocycles. The van der Waals surface area contributed by atoms with Crippen LogP contribution in [0.2, 0.25) is 0 Å². The maximum atomic E-state index is 9.37. The standard InChI is InChI=1S/C15H15ClO/c1-11-9-13(17)7-8-14(11)15(16)10-12-5-3-2-4-6-12/h2-9,15,17H,10H2,1H3. The second-order valence-electron chi connectivity index (χ2n) is 4.20. The smallest absolute Gasteiger partial charge is 0.115 e. The molecule has 1 atom stereocenters. The second kappa shape index (κ2) is 5.24. The summed E-state index contributed by atoms with van der Waals surface area (Å²) in [5.41, 5.74) is 3.33. The van der Waals surface area contributed by atoms with E-state index in [4.69, 9.17) is 11.6 Å². The zero-order valence-corrected chi connectivity index (χ0v) is 10.5. The van der Waals surface area contributed by atoms with Gasteiger partial charge in [0.25, 0.3) is 0 Å². The molecule has 17 heavy (non-hydrogen) atoms. The second-order valence-corrected chi connectivity index (χ2v) is 4.72. The van der Waals surface area contributed by atoms with Crippen molar-refractivity contribution in [3.8, 4) is 5.75 Å². The fourth-order valence-corrected chi connectivity index (χ4v) is 2.37. The van der Waals surface area contributed by atoms with E-state index in [1.807, 2.05) is 31.2 Å². The van der Waals surface area contributed by atoms with Crippen LogP contribution in [0.1, 0.15) is 22.1 Å². The van der Waals surface area contributed by atoms with Gasteiger partial charge in [-0.15, -0.1) is 11.6 Å². The van der Waals surface area contributed by atoms with Gasteiger partial charge in [0, 0.05) is 0 Å². The molecule has 0 saturated carbocycles. The lowest BCUT2D eigenvalue weighted by Crippen LogP contribution is -1.98. The molecule has 0 saturated heterocycles. The molecular weight excluding hydrogens is 232 g/mol. The first-order valence-electron chi connectivity index (χ1n) is 5.64. The number of hydrogen-bond donors (Lipinski definition) is 1. The molecule has 0 spiro atoms. The molecule has 0 aliphatic carbocycles. The van der Waals surface area contributed by atoms with E-state index in [0.29, 0.717) is 0 Å². The largest absolute Gasteiger partial charge is 0.508 e. The maximum Gasteiger partial charge on any atom is 0.115 e. The van der Waals surface area contributed by atoms with Gasteiger partial charge in [0.05, 0.1) is 5.38 Å². The van der Waals surface area contributed by atoms with Crippen LogP contribution in [0.5, 0.6) is 5.75 Å². The van der Waals surface area contributed by atoms with Crippen molar-refractivity contribution >= 4 is 11.6 Å². The molecule has 88 valence electrons. The van der Waals surface area contributed by atoms with E-state index in [0.717, 1.165) is 17.5 Å². The summed E-state index contributed by atoms with van der Waals surface area (Å²) in [5, 5.41) is 9.31. The quantitative estimate of drug-likeness (QED) is 0.804. The number of phenolic OH excluding ortho intramolecular Hbond substituents is 1. The van der Waals surface area contributed by atoms with Gasteiger partial charge in [-0.3, -0.25) is 0 Å². The zero-order valence-electron chi connectivity index (χ0n) is 9.73. The summed E-state index contributed by atoms with van der Waals surface area (Å²) in [4.78, 5) is 0. The topological polar surface area (TPSA) is 20.2 Å². The van der Waals surface area contributed by atoms with E-state index in [9.17, 15) is 5.11 Å². The predicted molar refractivity (Wildman–Crippen MR) is 71.6 cm³/mol. The normalized spacial score (nSPS) is 12.4. The molecule has 0 radical (unpaired) electrons. The molecule has 1 nitrogen and oxygen atoms in total. The first-order chi connectivity index (χ1) is 8.16. The summed E-state index contributed by atoms with van der Waals surface area (Å²) in [6.07, 6.45) is 0.800. The van der Waals surface area contributed by atoms with E-state index in [1.165, 1.54) is 5.56 Å². The van der Waals surface area contributed by atoms with Crippen LogP contribution in [0.25, 0.3) is 0 Å². The number of rotatable bonds is 3. The minimum absolute atomic E-state index is 0.0574. The third-order valence-corrected chi connectivity index (χ3v) is 3.24. The van der Waals surface area contributed by atoms with Crippen LogP contribution >= 0.6 is 11.6 Å². The lowest BCUT2D eigenvalue weighted by atomic mass is 10.00. The molecule has 1 unspecified atom stereocenters. The highest BCUT2D eigenvalue weighted by atomic mass is 35.5. The fourth-order valence-electron chi connectivity index (χ4n) is 1.94. The van der Waals surface area contributed by atoms with Crippen molar-refractivity contribution in [3.05, 3.63) is 65.2 Å². The summed E-state index contributed by atoms with van der Waals surface area (Å²) in [6, 6.07) is 15.5. The summed E-state index contributed by atoms with van der Waals surface area (Å²) in [7, 11) is 0. The number of halogens is 1. The van der Waals surface area contributed by atoms with Gasteiger partial charge in [0.2, 0.25) is 0 Å². The van der Waals surface area contributed by atoms with Gasteiger partial charge < -0.3 is 5.11 Å². The van der Waals surface area contributed by atoms with Crippen LogP contribution in [0.3, 0.4) is 0 Å². The molecule has 2 heteroatoms. The lowest BCUT2D eigenvalue weighted by molar-refractivity contribution is 0.474. The van der Waals surface area contributed by atoms with E-state index >= 15 is 0 Å². The maximum absolute atomic E-state index is 9.37. The highest BCUT2D eigenvalue weighted by Crippen LogP contribution is 2.29. The summed E-state index contributed by atoms with van der Waals surface area (Å²) >= 11 is 6.42.